The number of aryl methyl sites for hydroxylation is 1. The van der Waals surface area contributed by atoms with Crippen LogP contribution in [0.25, 0.3) is 0 Å². The van der Waals surface area contributed by atoms with E-state index < -0.39 is 0 Å². The van der Waals surface area contributed by atoms with Gasteiger partial charge in [-0.05, 0) is 13.0 Å². The smallest absolute Gasteiger partial charge is 0.140 e. The quantitative estimate of drug-likeness (QED) is 0.643. The number of hydrogen-bond donors (Lipinski definition) is 1. The summed E-state index contributed by atoms with van der Waals surface area (Å²) in [6.07, 6.45) is 0. The topological polar surface area (TPSA) is 21.3 Å². The Labute approximate surface area is 80.5 Å². The minimum Gasteiger partial charge on any atom is -0.490 e. The summed E-state index contributed by atoms with van der Waals surface area (Å²) in [5, 5.41) is 3.13. The first kappa shape index (κ1) is 8.01. The molecule has 1 aliphatic heterocycles. The summed E-state index contributed by atoms with van der Waals surface area (Å²) in [4.78, 5) is 3.13. The zero-order chi connectivity index (χ0) is 8.55. The first-order valence-electron chi connectivity index (χ1n) is 3.79. The van der Waals surface area contributed by atoms with Crippen molar-refractivity contribution in [2.45, 2.75) is 6.92 Å². The molecule has 1 aromatic heterocycles. The van der Waals surface area contributed by atoms with Crippen LogP contribution in [0, 0.1) is 6.92 Å². The van der Waals surface area contributed by atoms with Crippen molar-refractivity contribution < 1.29 is 4.74 Å². The molecule has 12 heavy (non-hydrogen) atoms. The van der Waals surface area contributed by atoms with Crippen molar-refractivity contribution in [2.75, 3.05) is 13.2 Å². The summed E-state index contributed by atoms with van der Waals surface area (Å²) in [6, 6.07) is 2.04. The molecule has 0 spiro atoms. The van der Waals surface area contributed by atoms with Gasteiger partial charge in [0.05, 0.1) is 0 Å². The largest absolute Gasteiger partial charge is 0.490 e. The SMILES string of the molecule is Cc1cc2c(s1)C(=S)NCCO2. The Morgan fingerprint density at radius 1 is 1.67 bits per heavy atom. The third kappa shape index (κ3) is 1.32. The second-order valence-corrected chi connectivity index (χ2v) is 4.32. The summed E-state index contributed by atoms with van der Waals surface area (Å²) in [5.74, 6) is 0.938. The Morgan fingerprint density at radius 3 is 3.33 bits per heavy atom. The van der Waals surface area contributed by atoms with Gasteiger partial charge in [0.15, 0.2) is 0 Å². The number of thiocarbonyl (C=S) groups is 1. The lowest BCUT2D eigenvalue weighted by atomic mass is 10.4. The lowest BCUT2D eigenvalue weighted by molar-refractivity contribution is 0.328. The van der Waals surface area contributed by atoms with Crippen LogP contribution in [0.2, 0.25) is 0 Å². The second-order valence-electron chi connectivity index (χ2n) is 2.65. The maximum Gasteiger partial charge on any atom is 0.140 e. The molecule has 0 aliphatic carbocycles. The molecular formula is C8H9NOS2. The number of hydrogen-bond acceptors (Lipinski definition) is 3. The Kier molecular flexibility index (Phi) is 2.02. The summed E-state index contributed by atoms with van der Waals surface area (Å²) >= 11 is 6.86. The van der Waals surface area contributed by atoms with E-state index in [1.54, 1.807) is 11.3 Å². The van der Waals surface area contributed by atoms with Crippen molar-refractivity contribution in [3.63, 3.8) is 0 Å². The van der Waals surface area contributed by atoms with Gasteiger partial charge in [-0.3, -0.25) is 0 Å². The van der Waals surface area contributed by atoms with E-state index in [0.29, 0.717) is 6.61 Å². The number of fused-ring (bicyclic) bond motifs is 1. The molecule has 0 saturated carbocycles. The molecule has 0 unspecified atom stereocenters. The normalized spacial score (nSPS) is 15.9. The highest BCUT2D eigenvalue weighted by atomic mass is 32.1. The van der Waals surface area contributed by atoms with Crippen molar-refractivity contribution in [3.8, 4) is 5.75 Å². The van der Waals surface area contributed by atoms with Crippen LogP contribution in [-0.4, -0.2) is 18.1 Å². The monoisotopic (exact) mass is 199 g/mol. The van der Waals surface area contributed by atoms with Crippen molar-refractivity contribution in [1.82, 2.24) is 5.32 Å². The van der Waals surface area contributed by atoms with Crippen LogP contribution in [0.1, 0.15) is 9.75 Å². The molecule has 1 N–H and O–H groups in total. The van der Waals surface area contributed by atoms with E-state index in [0.717, 1.165) is 22.2 Å². The van der Waals surface area contributed by atoms with Crippen LogP contribution in [0.15, 0.2) is 6.07 Å². The third-order valence-corrected chi connectivity index (χ3v) is 3.20. The summed E-state index contributed by atoms with van der Waals surface area (Å²) in [6.45, 7) is 3.56. The van der Waals surface area contributed by atoms with Crippen LogP contribution < -0.4 is 10.1 Å². The minimum absolute atomic E-state index is 0.698. The fourth-order valence-electron chi connectivity index (χ4n) is 1.16. The van der Waals surface area contributed by atoms with Gasteiger partial charge in [-0.15, -0.1) is 11.3 Å². The lowest BCUT2D eigenvalue weighted by Crippen LogP contribution is -2.23. The van der Waals surface area contributed by atoms with E-state index in [9.17, 15) is 0 Å². The van der Waals surface area contributed by atoms with Crippen LogP contribution >= 0.6 is 23.6 Å². The van der Waals surface area contributed by atoms with Crippen molar-refractivity contribution >= 4 is 28.5 Å². The molecule has 1 aromatic rings. The number of ether oxygens (including phenoxy) is 1. The van der Waals surface area contributed by atoms with Gasteiger partial charge in [0.2, 0.25) is 0 Å². The van der Waals surface area contributed by atoms with Gasteiger partial charge in [0.25, 0.3) is 0 Å². The molecule has 0 fully saturated rings. The van der Waals surface area contributed by atoms with Crippen LogP contribution in [0.3, 0.4) is 0 Å². The predicted molar refractivity (Wildman–Crippen MR) is 54.3 cm³/mol. The van der Waals surface area contributed by atoms with E-state index in [2.05, 4.69) is 12.2 Å². The summed E-state index contributed by atoms with van der Waals surface area (Å²) in [7, 11) is 0. The van der Waals surface area contributed by atoms with E-state index in [4.69, 9.17) is 17.0 Å². The summed E-state index contributed by atoms with van der Waals surface area (Å²) < 4.78 is 5.50. The highest BCUT2D eigenvalue weighted by Crippen LogP contribution is 2.29. The Morgan fingerprint density at radius 2 is 2.50 bits per heavy atom. The molecule has 0 amide bonds. The standard InChI is InChI=1S/C8H9NOS2/c1-5-4-6-7(12-5)8(11)9-2-3-10-6/h4H,2-3H2,1H3,(H,9,11). The molecule has 0 bridgehead atoms. The van der Waals surface area contributed by atoms with Gasteiger partial charge in [-0.25, -0.2) is 0 Å². The Balaban J connectivity index is 2.44. The van der Waals surface area contributed by atoms with Crippen molar-refractivity contribution in [3.05, 3.63) is 15.8 Å². The Bertz CT molecular complexity index is 319. The maximum atomic E-state index is 5.50. The third-order valence-electron chi connectivity index (χ3n) is 1.67. The van der Waals surface area contributed by atoms with Crippen molar-refractivity contribution in [2.24, 2.45) is 0 Å². The van der Waals surface area contributed by atoms with Crippen LogP contribution in [0.4, 0.5) is 0 Å². The molecule has 0 aromatic carbocycles. The number of rotatable bonds is 0. The fourth-order valence-corrected chi connectivity index (χ4v) is 2.36. The van der Waals surface area contributed by atoms with Gasteiger partial charge < -0.3 is 10.1 Å². The molecule has 2 nitrogen and oxygen atoms in total. The van der Waals surface area contributed by atoms with E-state index in [1.165, 1.54) is 4.88 Å². The van der Waals surface area contributed by atoms with Crippen molar-refractivity contribution in [1.29, 1.82) is 0 Å². The van der Waals surface area contributed by atoms with E-state index in [1.807, 2.05) is 6.07 Å². The van der Waals surface area contributed by atoms with Crippen LogP contribution in [0.5, 0.6) is 5.75 Å². The van der Waals surface area contributed by atoms with Gasteiger partial charge in [-0.1, -0.05) is 12.2 Å². The van der Waals surface area contributed by atoms with Crippen LogP contribution in [-0.2, 0) is 0 Å². The number of nitrogens with one attached hydrogen (secondary N) is 1. The molecule has 0 radical (unpaired) electrons. The molecular weight excluding hydrogens is 190 g/mol. The highest BCUT2D eigenvalue weighted by molar-refractivity contribution is 7.81. The highest BCUT2D eigenvalue weighted by Gasteiger charge is 2.15. The van der Waals surface area contributed by atoms with Gasteiger partial charge in [0, 0.05) is 11.4 Å². The molecule has 2 rings (SSSR count). The molecule has 4 heteroatoms. The molecule has 0 atom stereocenters. The first-order valence-corrected chi connectivity index (χ1v) is 5.01. The maximum absolute atomic E-state index is 5.50. The number of thiophene rings is 1. The Hall–Kier alpha value is -0.610. The molecule has 0 saturated heterocycles. The minimum atomic E-state index is 0.698. The summed E-state index contributed by atoms with van der Waals surface area (Å²) in [5.41, 5.74) is 0. The molecule has 2 heterocycles. The van der Waals surface area contributed by atoms with Gasteiger partial charge in [0.1, 0.15) is 22.2 Å². The zero-order valence-corrected chi connectivity index (χ0v) is 8.35. The fraction of sp³-hybridized carbons (Fsp3) is 0.375. The van der Waals surface area contributed by atoms with Gasteiger partial charge in [-0.2, -0.15) is 0 Å². The lowest BCUT2D eigenvalue weighted by Gasteiger charge is -1.97. The average molecular weight is 199 g/mol. The van der Waals surface area contributed by atoms with Gasteiger partial charge >= 0.3 is 0 Å². The van der Waals surface area contributed by atoms with E-state index in [-0.39, 0.29) is 0 Å². The predicted octanol–water partition coefficient (Wildman–Crippen LogP) is 1.71. The second kappa shape index (κ2) is 3.03. The average Bonchev–Trinajstić information content (AvgIpc) is 2.33. The first-order chi connectivity index (χ1) is 5.77. The molecule has 64 valence electrons. The molecule has 1 aliphatic rings. The van der Waals surface area contributed by atoms with E-state index >= 15 is 0 Å². The zero-order valence-electron chi connectivity index (χ0n) is 6.72.